The van der Waals surface area contributed by atoms with Crippen LogP contribution in [0.2, 0.25) is 0 Å². The maximum Gasteiger partial charge on any atom is 0.295 e. The van der Waals surface area contributed by atoms with Crippen molar-refractivity contribution in [3.63, 3.8) is 0 Å². The molecule has 1 unspecified atom stereocenters. The lowest BCUT2D eigenvalue weighted by atomic mass is 9.93. The molecule has 0 bridgehead atoms. The number of carbonyl (C=O) groups is 2. The first-order valence-corrected chi connectivity index (χ1v) is 9.98. The number of hydrogen-bond acceptors (Lipinski definition) is 7. The third-order valence-electron chi connectivity index (χ3n) is 5.44. The summed E-state index contributed by atoms with van der Waals surface area (Å²) in [7, 11) is 5.22. The number of non-ortho nitro benzene ring substituents is 1. The van der Waals surface area contributed by atoms with Gasteiger partial charge in [-0.2, -0.15) is 0 Å². The van der Waals surface area contributed by atoms with Crippen LogP contribution in [0.3, 0.4) is 0 Å². The number of amides is 1. The molecule has 1 amide bonds. The van der Waals surface area contributed by atoms with E-state index in [0.717, 1.165) is 0 Å². The number of likely N-dealkylation sites (tertiary alicyclic amines) is 1. The maximum absolute atomic E-state index is 13.0. The summed E-state index contributed by atoms with van der Waals surface area (Å²) < 4.78 is 5.20. The summed E-state index contributed by atoms with van der Waals surface area (Å²) in [5.74, 6) is -1.21. The van der Waals surface area contributed by atoms with Crippen LogP contribution in [0.4, 0.5) is 5.69 Å². The van der Waals surface area contributed by atoms with E-state index >= 15 is 0 Å². The van der Waals surface area contributed by atoms with Gasteiger partial charge in [-0.25, -0.2) is 0 Å². The SMILES string of the molecule is COc1ccc(C(O)=C2C(=O)C(=O)N(CCN(C)C)C2c2ccc([N+](=O)[O-])cc2)c(C)c1. The predicted molar refractivity (Wildman–Crippen MR) is 118 cm³/mol. The maximum atomic E-state index is 13.0. The number of ether oxygens (including phenoxy) is 1. The predicted octanol–water partition coefficient (Wildman–Crippen LogP) is 2.90. The molecule has 2 aromatic carbocycles. The van der Waals surface area contributed by atoms with Crippen LogP contribution in [0.25, 0.3) is 5.76 Å². The molecule has 0 saturated carbocycles. The van der Waals surface area contributed by atoms with Gasteiger partial charge in [0.15, 0.2) is 0 Å². The molecule has 1 aliphatic heterocycles. The highest BCUT2D eigenvalue weighted by Crippen LogP contribution is 2.40. The second-order valence-electron chi connectivity index (χ2n) is 7.83. The van der Waals surface area contributed by atoms with Gasteiger partial charge in [-0.15, -0.1) is 0 Å². The molecule has 2 aromatic rings. The van der Waals surface area contributed by atoms with Crippen molar-refractivity contribution in [2.45, 2.75) is 13.0 Å². The number of ketones is 1. The first-order chi connectivity index (χ1) is 15.1. The van der Waals surface area contributed by atoms with Crippen LogP contribution in [0.15, 0.2) is 48.0 Å². The summed E-state index contributed by atoms with van der Waals surface area (Å²) in [6, 6.07) is 9.79. The van der Waals surface area contributed by atoms with Crippen molar-refractivity contribution in [1.29, 1.82) is 0 Å². The highest BCUT2D eigenvalue weighted by Gasteiger charge is 2.46. The minimum atomic E-state index is -0.864. The highest BCUT2D eigenvalue weighted by atomic mass is 16.6. The monoisotopic (exact) mass is 439 g/mol. The van der Waals surface area contributed by atoms with E-state index in [1.54, 1.807) is 25.1 Å². The number of Topliss-reactive ketones (excluding diaryl/α,β-unsaturated/α-hetero) is 1. The van der Waals surface area contributed by atoms with Gasteiger partial charge in [-0.3, -0.25) is 19.7 Å². The summed E-state index contributed by atoms with van der Waals surface area (Å²) >= 11 is 0. The lowest BCUT2D eigenvalue weighted by Crippen LogP contribution is -2.35. The molecule has 0 aliphatic carbocycles. The third kappa shape index (κ3) is 4.33. The van der Waals surface area contributed by atoms with Gasteiger partial charge in [0, 0.05) is 30.8 Å². The molecule has 9 nitrogen and oxygen atoms in total. The van der Waals surface area contributed by atoms with Crippen molar-refractivity contribution in [3.8, 4) is 5.75 Å². The Morgan fingerprint density at radius 3 is 2.38 bits per heavy atom. The van der Waals surface area contributed by atoms with E-state index in [1.165, 1.54) is 36.3 Å². The van der Waals surface area contributed by atoms with Crippen LogP contribution in [0.1, 0.15) is 22.7 Å². The summed E-state index contributed by atoms with van der Waals surface area (Å²) in [4.78, 5) is 39.7. The Balaban J connectivity index is 2.16. The van der Waals surface area contributed by atoms with Crippen LogP contribution >= 0.6 is 0 Å². The summed E-state index contributed by atoms with van der Waals surface area (Å²) in [5.41, 5.74) is 1.43. The van der Waals surface area contributed by atoms with Crippen molar-refractivity contribution in [3.05, 3.63) is 74.8 Å². The number of rotatable bonds is 7. The zero-order chi connectivity index (χ0) is 23.6. The van der Waals surface area contributed by atoms with E-state index in [2.05, 4.69) is 0 Å². The largest absolute Gasteiger partial charge is 0.507 e. The molecule has 1 atom stereocenters. The second kappa shape index (κ2) is 9.19. The van der Waals surface area contributed by atoms with Gasteiger partial charge in [-0.05, 0) is 62.5 Å². The molecule has 9 heteroatoms. The van der Waals surface area contributed by atoms with Gasteiger partial charge in [0.2, 0.25) is 0 Å². The van der Waals surface area contributed by atoms with Crippen LogP contribution in [-0.4, -0.2) is 65.8 Å². The van der Waals surface area contributed by atoms with Gasteiger partial charge in [0.25, 0.3) is 17.4 Å². The van der Waals surface area contributed by atoms with Crippen LogP contribution in [0.5, 0.6) is 5.75 Å². The molecule has 1 fully saturated rings. The Hall–Kier alpha value is -3.72. The molecule has 1 N–H and O–H groups in total. The second-order valence-corrected chi connectivity index (χ2v) is 7.83. The van der Waals surface area contributed by atoms with Crippen LogP contribution < -0.4 is 4.74 Å². The van der Waals surface area contributed by atoms with Gasteiger partial charge < -0.3 is 19.6 Å². The van der Waals surface area contributed by atoms with Gasteiger partial charge in [0.05, 0.1) is 23.6 Å². The fourth-order valence-corrected chi connectivity index (χ4v) is 3.72. The summed E-state index contributed by atoms with van der Waals surface area (Å²) in [6.07, 6.45) is 0. The van der Waals surface area contributed by atoms with Crippen LogP contribution in [-0.2, 0) is 9.59 Å². The number of nitrogens with zero attached hydrogens (tertiary/aromatic N) is 3. The minimum absolute atomic E-state index is 0.0455. The quantitative estimate of drug-likeness (QED) is 0.232. The fraction of sp³-hybridized carbons (Fsp3) is 0.304. The zero-order valence-corrected chi connectivity index (χ0v) is 18.4. The average Bonchev–Trinajstić information content (AvgIpc) is 3.01. The van der Waals surface area contributed by atoms with Crippen LogP contribution in [0, 0.1) is 17.0 Å². The number of nitro benzene ring substituents is 1. The van der Waals surface area contributed by atoms with Crippen molar-refractivity contribution in [2.24, 2.45) is 0 Å². The molecule has 1 saturated heterocycles. The molecule has 0 spiro atoms. The Kier molecular flexibility index (Phi) is 6.59. The molecular formula is C23H25N3O6. The van der Waals surface area contributed by atoms with Crippen molar-refractivity contribution in [2.75, 3.05) is 34.3 Å². The van der Waals surface area contributed by atoms with E-state index in [0.29, 0.717) is 29.0 Å². The lowest BCUT2D eigenvalue weighted by Gasteiger charge is -2.26. The fourth-order valence-electron chi connectivity index (χ4n) is 3.72. The Labute approximate surface area is 185 Å². The number of carbonyl (C=O) groups excluding carboxylic acids is 2. The van der Waals surface area contributed by atoms with Crippen molar-refractivity contribution < 1.29 is 24.4 Å². The third-order valence-corrected chi connectivity index (χ3v) is 5.44. The smallest absolute Gasteiger partial charge is 0.295 e. The van der Waals surface area contributed by atoms with Crippen molar-refractivity contribution in [1.82, 2.24) is 9.80 Å². The average molecular weight is 439 g/mol. The molecule has 0 radical (unpaired) electrons. The van der Waals surface area contributed by atoms with Crippen molar-refractivity contribution >= 4 is 23.1 Å². The van der Waals surface area contributed by atoms with E-state index < -0.39 is 22.7 Å². The Bertz CT molecular complexity index is 1090. The summed E-state index contributed by atoms with van der Waals surface area (Å²) in [5, 5.41) is 22.2. The first-order valence-electron chi connectivity index (χ1n) is 9.98. The zero-order valence-electron chi connectivity index (χ0n) is 18.4. The molecule has 0 aromatic heterocycles. The number of likely N-dealkylation sites (N-methyl/N-ethyl adjacent to an activating group) is 1. The molecule has 168 valence electrons. The van der Waals surface area contributed by atoms with Gasteiger partial charge >= 0.3 is 0 Å². The molecule has 1 aliphatic rings. The number of nitro groups is 1. The molecule has 1 heterocycles. The highest BCUT2D eigenvalue weighted by molar-refractivity contribution is 6.46. The number of aliphatic hydroxyl groups excluding tert-OH is 1. The Morgan fingerprint density at radius 1 is 1.19 bits per heavy atom. The van der Waals surface area contributed by atoms with E-state index in [9.17, 15) is 24.8 Å². The molecule has 3 rings (SSSR count). The number of aryl methyl sites for hydroxylation is 1. The molecular weight excluding hydrogens is 414 g/mol. The first kappa shape index (κ1) is 23.0. The van der Waals surface area contributed by atoms with Gasteiger partial charge in [0.1, 0.15) is 11.5 Å². The minimum Gasteiger partial charge on any atom is -0.507 e. The molecule has 32 heavy (non-hydrogen) atoms. The standard InChI is InChI=1S/C23H25N3O6/c1-14-13-17(32-4)9-10-18(14)21(27)19-20(15-5-7-16(8-6-15)26(30)31)25(12-11-24(2)3)23(29)22(19)28/h5-10,13,20,27H,11-12H2,1-4H3. The number of aliphatic hydroxyl groups is 1. The number of methoxy groups -OCH3 is 1. The van der Waals surface area contributed by atoms with E-state index in [4.69, 9.17) is 4.74 Å². The number of benzene rings is 2. The van der Waals surface area contributed by atoms with E-state index in [-0.39, 0.29) is 23.6 Å². The topological polar surface area (TPSA) is 113 Å². The van der Waals surface area contributed by atoms with Gasteiger partial charge in [-0.1, -0.05) is 0 Å². The number of hydrogen-bond donors (Lipinski definition) is 1. The normalized spacial score (nSPS) is 17.8. The summed E-state index contributed by atoms with van der Waals surface area (Å²) in [6.45, 7) is 2.51. The lowest BCUT2D eigenvalue weighted by molar-refractivity contribution is -0.384. The Morgan fingerprint density at radius 2 is 1.84 bits per heavy atom. The van der Waals surface area contributed by atoms with E-state index in [1.807, 2.05) is 19.0 Å².